The van der Waals surface area contributed by atoms with Gasteiger partial charge in [-0.1, -0.05) is 36.4 Å². The summed E-state index contributed by atoms with van der Waals surface area (Å²) in [5.41, 5.74) is 3.04. The summed E-state index contributed by atoms with van der Waals surface area (Å²) in [6.45, 7) is 6.28. The van der Waals surface area contributed by atoms with Gasteiger partial charge in [0, 0.05) is 48.7 Å². The van der Waals surface area contributed by atoms with Crippen molar-refractivity contribution in [2.24, 2.45) is 29.1 Å². The number of benzene rings is 1. The van der Waals surface area contributed by atoms with E-state index in [1.165, 1.54) is 51.7 Å². The monoisotopic (exact) mass is 472 g/mol. The molecule has 4 unspecified atom stereocenters. The fourth-order valence-electron chi connectivity index (χ4n) is 6.85. The maximum Gasteiger partial charge on any atom is 0.126 e. The minimum absolute atomic E-state index is 0.273. The van der Waals surface area contributed by atoms with Crippen LogP contribution >= 0.6 is 0 Å². The van der Waals surface area contributed by atoms with E-state index in [0.717, 1.165) is 29.9 Å². The minimum Gasteiger partial charge on any atom is -0.393 e. The summed E-state index contributed by atoms with van der Waals surface area (Å²) in [5, 5.41) is 31.8. The summed E-state index contributed by atoms with van der Waals surface area (Å²) in [7, 11) is 1.78. The molecule has 186 valence electrons. The Morgan fingerprint density at radius 3 is 2.46 bits per heavy atom. The summed E-state index contributed by atoms with van der Waals surface area (Å²) in [5.74, 6) is 3.61. The van der Waals surface area contributed by atoms with E-state index < -0.39 is 0 Å². The second-order valence-corrected chi connectivity index (χ2v) is 11.3. The molecule has 6 heteroatoms. The van der Waals surface area contributed by atoms with Gasteiger partial charge in [0.1, 0.15) is 5.84 Å². The maximum atomic E-state index is 8.73. The number of fused-ring (bicyclic) bond motifs is 2. The number of likely N-dealkylation sites (tertiary alicyclic amines) is 1. The van der Waals surface area contributed by atoms with Gasteiger partial charge >= 0.3 is 0 Å². The third kappa shape index (κ3) is 4.86. The van der Waals surface area contributed by atoms with Crippen LogP contribution < -0.4 is 10.6 Å². The number of piperidine rings is 1. The van der Waals surface area contributed by atoms with E-state index >= 15 is 0 Å². The molecule has 3 fully saturated rings. The first-order valence-corrected chi connectivity index (χ1v) is 13.2. The molecule has 0 radical (unpaired) electrons. The van der Waals surface area contributed by atoms with E-state index in [1.54, 1.807) is 20.2 Å². The number of amidine groups is 1. The summed E-state index contributed by atoms with van der Waals surface area (Å²) in [6, 6.07) is 7.59. The van der Waals surface area contributed by atoms with Gasteiger partial charge in [-0.25, -0.2) is 0 Å². The standard InChI is InChI=1S/C29H40N6/c1-19(30)26(17-33-2)27(31)24-5-3-4-6-25(24)28(32)34-16-23-15-29(23)9-11-35(12-10-29)18-22-14-20-7-8-21(22)13-20/h3-8,17,20-23,30-31,33H,9-16,18H2,1-2H3,(H2,32,34)/b26-17+,30-19?,31-27?. The smallest absolute Gasteiger partial charge is 0.126 e. The highest BCUT2D eigenvalue weighted by atomic mass is 15.1. The summed E-state index contributed by atoms with van der Waals surface area (Å²) in [6.07, 6.45) is 13.3. The van der Waals surface area contributed by atoms with Gasteiger partial charge in [0.2, 0.25) is 0 Å². The quantitative estimate of drug-likeness (QED) is 0.209. The van der Waals surface area contributed by atoms with Crippen LogP contribution in [0.4, 0.5) is 0 Å². The first-order chi connectivity index (χ1) is 16.9. The second kappa shape index (κ2) is 9.73. The lowest BCUT2D eigenvalue weighted by Gasteiger charge is -2.35. The highest BCUT2D eigenvalue weighted by Crippen LogP contribution is 2.59. The van der Waals surface area contributed by atoms with Gasteiger partial charge in [-0.3, -0.25) is 10.8 Å². The van der Waals surface area contributed by atoms with Gasteiger partial charge in [0.15, 0.2) is 0 Å². The molecule has 1 spiro atoms. The molecule has 4 aliphatic rings. The van der Waals surface area contributed by atoms with Crippen molar-refractivity contribution >= 4 is 17.3 Å². The Morgan fingerprint density at radius 2 is 1.83 bits per heavy atom. The van der Waals surface area contributed by atoms with Crippen molar-refractivity contribution < 1.29 is 0 Å². The summed E-state index contributed by atoms with van der Waals surface area (Å²) in [4.78, 5) is 2.72. The molecule has 5 N–H and O–H groups in total. The Bertz CT molecular complexity index is 1060. The molecule has 1 saturated heterocycles. The zero-order valence-corrected chi connectivity index (χ0v) is 21.2. The molecule has 2 bridgehead atoms. The van der Waals surface area contributed by atoms with Crippen LogP contribution in [-0.4, -0.2) is 55.4 Å². The molecular weight excluding hydrogens is 432 g/mol. The Morgan fingerprint density at radius 1 is 1.09 bits per heavy atom. The molecule has 5 rings (SSSR count). The van der Waals surface area contributed by atoms with Crippen LogP contribution in [0.1, 0.15) is 50.2 Å². The number of nitrogens with zero attached hydrogens (tertiary/aromatic N) is 1. The SMILES string of the molecule is CN/C=C(\C(C)=N)C(=N)c1ccccc1C(=N)NCC1CC12CCN(CC1CC3C=CC1C3)CC2. The first kappa shape index (κ1) is 24.0. The van der Waals surface area contributed by atoms with Gasteiger partial charge in [-0.15, -0.1) is 0 Å². The summed E-state index contributed by atoms with van der Waals surface area (Å²) >= 11 is 0. The molecule has 6 nitrogen and oxygen atoms in total. The fourth-order valence-corrected chi connectivity index (χ4v) is 6.85. The molecule has 4 atom stereocenters. The van der Waals surface area contributed by atoms with Crippen molar-refractivity contribution in [1.29, 1.82) is 16.2 Å². The third-order valence-corrected chi connectivity index (χ3v) is 9.07. The topological polar surface area (TPSA) is 98.9 Å². The van der Waals surface area contributed by atoms with Gasteiger partial charge in [-0.2, -0.15) is 0 Å². The maximum absolute atomic E-state index is 8.73. The molecule has 2 saturated carbocycles. The predicted octanol–water partition coefficient (Wildman–Crippen LogP) is 4.43. The molecule has 35 heavy (non-hydrogen) atoms. The van der Waals surface area contributed by atoms with Crippen LogP contribution in [0.15, 0.2) is 48.2 Å². The normalized spacial score (nSPS) is 28.8. The van der Waals surface area contributed by atoms with E-state index in [1.807, 2.05) is 24.3 Å². The van der Waals surface area contributed by atoms with Crippen molar-refractivity contribution in [3.63, 3.8) is 0 Å². The number of allylic oxidation sites excluding steroid dienone is 3. The number of rotatable bonds is 9. The van der Waals surface area contributed by atoms with Crippen LogP contribution in [-0.2, 0) is 0 Å². The molecule has 1 aromatic rings. The first-order valence-electron chi connectivity index (χ1n) is 13.2. The Hall–Kier alpha value is -2.73. The van der Waals surface area contributed by atoms with E-state index in [-0.39, 0.29) is 5.71 Å². The third-order valence-electron chi connectivity index (χ3n) is 9.07. The fraction of sp³-hybridized carbons (Fsp3) is 0.552. The Labute approximate surface area is 209 Å². The van der Waals surface area contributed by atoms with Crippen molar-refractivity contribution in [3.05, 3.63) is 59.3 Å². The molecule has 1 heterocycles. The van der Waals surface area contributed by atoms with Crippen LogP contribution in [0.25, 0.3) is 0 Å². The average molecular weight is 473 g/mol. The molecule has 0 aromatic heterocycles. The predicted molar refractivity (Wildman–Crippen MR) is 144 cm³/mol. The van der Waals surface area contributed by atoms with Gasteiger partial charge in [0.05, 0.1) is 5.71 Å². The zero-order valence-electron chi connectivity index (χ0n) is 21.2. The minimum atomic E-state index is 0.273. The van der Waals surface area contributed by atoms with E-state index in [2.05, 4.69) is 27.7 Å². The number of hydrogen-bond acceptors (Lipinski definition) is 5. The molecule has 3 aliphatic carbocycles. The van der Waals surface area contributed by atoms with Crippen molar-refractivity contribution in [2.75, 3.05) is 33.2 Å². The van der Waals surface area contributed by atoms with E-state index in [0.29, 0.717) is 34.0 Å². The highest BCUT2D eigenvalue weighted by molar-refractivity contribution is 6.29. The van der Waals surface area contributed by atoms with Crippen LogP contribution in [0.2, 0.25) is 0 Å². The van der Waals surface area contributed by atoms with Crippen LogP contribution in [0, 0.1) is 45.3 Å². The number of nitrogens with one attached hydrogen (secondary N) is 5. The molecule has 0 amide bonds. The van der Waals surface area contributed by atoms with Crippen molar-refractivity contribution in [3.8, 4) is 0 Å². The Kier molecular flexibility index (Phi) is 6.67. The van der Waals surface area contributed by atoms with Crippen LogP contribution in [0.5, 0.6) is 0 Å². The largest absolute Gasteiger partial charge is 0.393 e. The molecule has 1 aromatic carbocycles. The van der Waals surface area contributed by atoms with E-state index in [9.17, 15) is 0 Å². The van der Waals surface area contributed by atoms with Crippen LogP contribution in [0.3, 0.4) is 0 Å². The second-order valence-electron chi connectivity index (χ2n) is 11.3. The lowest BCUT2D eigenvalue weighted by Crippen LogP contribution is -2.39. The average Bonchev–Trinajstić information content (AvgIpc) is 3.16. The lowest BCUT2D eigenvalue weighted by atomic mass is 9.88. The van der Waals surface area contributed by atoms with E-state index in [4.69, 9.17) is 16.2 Å². The van der Waals surface area contributed by atoms with Gasteiger partial charge in [0.25, 0.3) is 0 Å². The lowest BCUT2D eigenvalue weighted by molar-refractivity contribution is 0.136. The molecule has 1 aliphatic heterocycles. The Balaban J connectivity index is 1.13. The summed E-state index contributed by atoms with van der Waals surface area (Å²) < 4.78 is 0. The zero-order chi connectivity index (χ0) is 24.6. The number of hydrogen-bond donors (Lipinski definition) is 5. The van der Waals surface area contributed by atoms with Gasteiger partial charge in [-0.05, 0) is 81.2 Å². The highest BCUT2D eigenvalue weighted by Gasteiger charge is 2.54. The van der Waals surface area contributed by atoms with Crippen molar-refractivity contribution in [2.45, 2.75) is 39.0 Å². The van der Waals surface area contributed by atoms with Crippen molar-refractivity contribution in [1.82, 2.24) is 15.5 Å². The van der Waals surface area contributed by atoms with Gasteiger partial charge < -0.3 is 20.9 Å². The molecular formula is C29H40N6.